The second kappa shape index (κ2) is 23.0. The van der Waals surface area contributed by atoms with Gasteiger partial charge in [0.25, 0.3) is 0 Å². The third-order valence-electron chi connectivity index (χ3n) is 7.67. The molecule has 0 aromatic carbocycles. The van der Waals surface area contributed by atoms with Gasteiger partial charge in [0.05, 0.1) is 30.2 Å². The van der Waals surface area contributed by atoms with Crippen molar-refractivity contribution < 1.29 is 70.6 Å². The number of rotatable bonds is 23. The number of aromatic nitrogens is 2. The number of carbonyl (C=O) groups excluding carboxylic acids is 7. The molecule has 302 valence electrons. The van der Waals surface area contributed by atoms with Crippen LogP contribution in [0.3, 0.4) is 0 Å². The second-order valence-corrected chi connectivity index (χ2v) is 11.9. The van der Waals surface area contributed by atoms with Crippen molar-refractivity contribution in [2.45, 2.75) is 58.9 Å². The Morgan fingerprint density at radius 3 is 2.05 bits per heavy atom. The molecule has 3 rings (SSSR count). The third kappa shape index (κ3) is 15.7. The molecule has 0 radical (unpaired) electrons. The number of hydrogen-bond donors (Lipinski definition) is 2. The van der Waals surface area contributed by atoms with Crippen LogP contribution in [0, 0.1) is 0 Å². The van der Waals surface area contributed by atoms with E-state index in [2.05, 4.69) is 29.5 Å². The van der Waals surface area contributed by atoms with E-state index in [0.717, 1.165) is 30.1 Å². The number of ether oxygens (including phenoxy) is 6. The molecule has 0 saturated carbocycles. The lowest BCUT2D eigenvalue weighted by molar-refractivity contribution is -0.172. The number of amides is 1. The standard InChI is InChI=1S/C35H42BF2N5O13/c1-23(44)51-20-54-33(48)18-42(19-34(49)55-21-52-24(2)45)31(35(50)56-22-53-25(3)46)8-4-5-15-40-32(47)14-11-26-9-10-27(41-26)17-28-12-13-30(43(28)36(37)38)29-7-6-16-39-29/h6-7,9-10,12-13,16-17,31,39H,4-5,8,11,14-15,18-22H2,1-3H3,(H,40,47)/b27-17-. The molecule has 1 atom stereocenters. The van der Waals surface area contributed by atoms with Crippen molar-refractivity contribution in [3.63, 3.8) is 0 Å². The van der Waals surface area contributed by atoms with Crippen molar-refractivity contribution in [2.75, 3.05) is 40.0 Å². The smallest absolute Gasteiger partial charge is 0.428 e. The van der Waals surface area contributed by atoms with Gasteiger partial charge in [-0.3, -0.25) is 52.1 Å². The molecule has 0 saturated heterocycles. The molecular formula is C35H42BF2N5O13. The van der Waals surface area contributed by atoms with Crippen LogP contribution < -0.4 is 5.32 Å². The first-order valence-corrected chi connectivity index (χ1v) is 17.2. The molecule has 56 heavy (non-hydrogen) atoms. The van der Waals surface area contributed by atoms with Gasteiger partial charge in [-0.2, -0.15) is 0 Å². The fraction of sp³-hybridized carbons (Fsp3) is 0.429. The number of carbonyl (C=O) groups is 7. The maximum atomic E-state index is 13.9. The first-order valence-electron chi connectivity index (χ1n) is 17.2. The molecule has 1 aliphatic rings. The highest BCUT2D eigenvalue weighted by atomic mass is 19.2. The van der Waals surface area contributed by atoms with Crippen LogP contribution in [-0.2, 0) is 62.0 Å². The Balaban J connectivity index is 1.56. The van der Waals surface area contributed by atoms with Gasteiger partial charge in [0.1, 0.15) is 6.04 Å². The van der Waals surface area contributed by atoms with Crippen LogP contribution in [0.15, 0.2) is 53.3 Å². The SMILES string of the molecule is CC(=O)OCOC(=O)CN(CC(=O)OCOC(C)=O)C(CCCCNC(=O)CCC1=N/C(=C\c2ccc(-c3ccc[nH]3)n2B(F)F)C=C1)C(=O)OCOC(C)=O. The average molecular weight is 790 g/mol. The molecule has 1 amide bonds. The Kier molecular flexibility index (Phi) is 18.1. The second-order valence-electron chi connectivity index (χ2n) is 11.9. The van der Waals surface area contributed by atoms with Crippen molar-refractivity contribution in [3.05, 3.63) is 54.0 Å². The number of H-pyrrole nitrogens is 1. The number of aliphatic imine (C=N–C) groups is 1. The van der Waals surface area contributed by atoms with E-state index in [1.807, 2.05) is 0 Å². The van der Waals surface area contributed by atoms with Crippen molar-refractivity contribution in [3.8, 4) is 11.4 Å². The molecule has 0 bridgehead atoms. The summed E-state index contributed by atoms with van der Waals surface area (Å²) in [5, 5.41) is 2.76. The zero-order chi connectivity index (χ0) is 41.0. The van der Waals surface area contributed by atoms with Crippen LogP contribution in [0.5, 0.6) is 0 Å². The van der Waals surface area contributed by atoms with Crippen LogP contribution in [0.2, 0.25) is 0 Å². The molecule has 2 N–H and O–H groups in total. The largest absolute Gasteiger partial charge is 0.678 e. The Hall–Kier alpha value is -6.12. The van der Waals surface area contributed by atoms with E-state index in [-0.39, 0.29) is 43.8 Å². The Bertz CT molecular complexity index is 1760. The van der Waals surface area contributed by atoms with Crippen molar-refractivity contribution in [1.29, 1.82) is 0 Å². The van der Waals surface area contributed by atoms with E-state index in [9.17, 15) is 42.2 Å². The number of allylic oxidation sites excluding steroid dienone is 2. The van der Waals surface area contributed by atoms with Crippen molar-refractivity contribution in [2.24, 2.45) is 4.99 Å². The van der Waals surface area contributed by atoms with Crippen molar-refractivity contribution in [1.82, 2.24) is 19.7 Å². The van der Waals surface area contributed by atoms with E-state index in [1.54, 1.807) is 42.6 Å². The van der Waals surface area contributed by atoms with Crippen LogP contribution in [-0.4, -0.2) is 115 Å². The number of esters is 6. The van der Waals surface area contributed by atoms with Crippen LogP contribution in [0.4, 0.5) is 8.63 Å². The van der Waals surface area contributed by atoms with Gasteiger partial charge in [0.15, 0.2) is 0 Å². The summed E-state index contributed by atoms with van der Waals surface area (Å²) in [4.78, 5) is 92.5. The number of aromatic amines is 1. The lowest BCUT2D eigenvalue weighted by atomic mass is 10.1. The average Bonchev–Trinajstić information content (AvgIpc) is 3.90. The van der Waals surface area contributed by atoms with E-state index in [1.165, 1.54) is 6.08 Å². The van der Waals surface area contributed by atoms with Crippen LogP contribution >= 0.6 is 0 Å². The summed E-state index contributed by atoms with van der Waals surface area (Å²) in [5.74, 6) is -5.44. The van der Waals surface area contributed by atoms with Gasteiger partial charge in [-0.25, -0.2) is 0 Å². The number of nitrogens with one attached hydrogen (secondary N) is 2. The van der Waals surface area contributed by atoms with Gasteiger partial charge in [-0.1, -0.05) is 0 Å². The van der Waals surface area contributed by atoms with Gasteiger partial charge in [-0.15, -0.1) is 0 Å². The Morgan fingerprint density at radius 2 is 1.48 bits per heavy atom. The molecule has 0 fully saturated rings. The zero-order valence-corrected chi connectivity index (χ0v) is 31.0. The van der Waals surface area contributed by atoms with Gasteiger partial charge in [0, 0.05) is 51.3 Å². The van der Waals surface area contributed by atoms with Gasteiger partial charge in [-0.05, 0) is 68.2 Å². The predicted octanol–water partition coefficient (Wildman–Crippen LogP) is 2.54. The lowest BCUT2D eigenvalue weighted by Crippen LogP contribution is -2.48. The van der Waals surface area contributed by atoms with Gasteiger partial charge < -0.3 is 43.2 Å². The van der Waals surface area contributed by atoms with Crippen LogP contribution in [0.25, 0.3) is 17.5 Å². The topological polar surface area (TPSA) is 223 Å². The maximum Gasteiger partial charge on any atom is 0.678 e. The minimum atomic E-state index is -2.79. The lowest BCUT2D eigenvalue weighted by Gasteiger charge is -2.28. The molecule has 1 unspecified atom stereocenters. The Morgan fingerprint density at radius 1 is 0.857 bits per heavy atom. The molecule has 2 aromatic heterocycles. The highest BCUT2D eigenvalue weighted by molar-refractivity contribution is 6.42. The maximum absolute atomic E-state index is 13.9. The van der Waals surface area contributed by atoms with Gasteiger partial charge in [0.2, 0.25) is 26.3 Å². The normalized spacial score (nSPS) is 13.1. The van der Waals surface area contributed by atoms with Crippen molar-refractivity contribution >= 4 is 60.9 Å². The number of nitrogens with zero attached hydrogens (tertiary/aromatic N) is 3. The Labute approximate surface area is 320 Å². The van der Waals surface area contributed by atoms with Crippen LogP contribution in [0.1, 0.15) is 58.6 Å². The molecule has 18 nitrogen and oxygen atoms in total. The number of hydrogen-bond acceptors (Lipinski definition) is 15. The first kappa shape index (κ1) is 44.3. The quantitative estimate of drug-likeness (QED) is 0.0543. The number of halogens is 2. The summed E-state index contributed by atoms with van der Waals surface area (Å²) < 4.78 is 57.3. The summed E-state index contributed by atoms with van der Waals surface area (Å²) >= 11 is 0. The van der Waals surface area contributed by atoms with E-state index >= 15 is 0 Å². The molecule has 1 aliphatic heterocycles. The predicted molar refractivity (Wildman–Crippen MR) is 192 cm³/mol. The minimum absolute atomic E-state index is 0.0264. The highest BCUT2D eigenvalue weighted by Crippen LogP contribution is 2.25. The molecule has 0 aliphatic carbocycles. The first-order chi connectivity index (χ1) is 26.7. The van der Waals surface area contributed by atoms with E-state index in [4.69, 9.17) is 14.2 Å². The fourth-order valence-electron chi connectivity index (χ4n) is 5.09. The van der Waals surface area contributed by atoms with E-state index < -0.39 is 82.7 Å². The molecule has 2 aromatic rings. The van der Waals surface area contributed by atoms with E-state index in [0.29, 0.717) is 29.2 Å². The molecular weight excluding hydrogens is 747 g/mol. The zero-order valence-electron chi connectivity index (χ0n) is 31.0. The summed E-state index contributed by atoms with van der Waals surface area (Å²) in [6.07, 6.45) is 7.45. The summed E-state index contributed by atoms with van der Waals surface area (Å²) in [7, 11) is -2.79. The summed E-state index contributed by atoms with van der Waals surface area (Å²) in [6.45, 7) is -0.115. The summed E-state index contributed by atoms with van der Waals surface area (Å²) in [6, 6.07) is 5.26. The number of unbranched alkanes of at least 4 members (excludes halogenated alkanes) is 1. The molecule has 21 heteroatoms. The highest BCUT2D eigenvalue weighted by Gasteiger charge is 2.32. The summed E-state index contributed by atoms with van der Waals surface area (Å²) in [5.41, 5.74) is 2.15. The fourth-order valence-corrected chi connectivity index (χ4v) is 5.09. The molecule has 0 spiro atoms. The third-order valence-corrected chi connectivity index (χ3v) is 7.67. The van der Waals surface area contributed by atoms with Gasteiger partial charge >= 0.3 is 43.2 Å². The minimum Gasteiger partial charge on any atom is -0.428 e. The molecule has 3 heterocycles. The monoisotopic (exact) mass is 789 g/mol.